The number of rotatable bonds is 8. The summed E-state index contributed by atoms with van der Waals surface area (Å²) in [7, 11) is 6.64. The lowest BCUT2D eigenvalue weighted by Gasteiger charge is -2.22. The first-order valence-corrected chi connectivity index (χ1v) is 14.0. The largest absolute Gasteiger partial charge is 0.478 e. The van der Waals surface area contributed by atoms with E-state index in [-0.39, 0.29) is 0 Å². The van der Waals surface area contributed by atoms with E-state index in [1.54, 1.807) is 6.07 Å². The van der Waals surface area contributed by atoms with Gasteiger partial charge < -0.3 is 14.6 Å². The van der Waals surface area contributed by atoms with Gasteiger partial charge in [-0.3, -0.25) is 0 Å². The number of halogens is 3. The van der Waals surface area contributed by atoms with Crippen molar-refractivity contribution in [2.24, 2.45) is 0 Å². The molecule has 0 bridgehead atoms. The summed E-state index contributed by atoms with van der Waals surface area (Å²) in [6.07, 6.45) is 4.52. The average Bonchev–Trinajstić information content (AvgIpc) is 3.22. The molecule has 0 atom stereocenters. The topological polar surface area (TPSA) is 53.1 Å². The second-order valence-electron chi connectivity index (χ2n) is 10.5. The highest BCUT2D eigenvalue weighted by Gasteiger charge is 2.20. The van der Waals surface area contributed by atoms with E-state index in [0.717, 1.165) is 55.0 Å². The van der Waals surface area contributed by atoms with Gasteiger partial charge in [-0.1, -0.05) is 85.6 Å². The van der Waals surface area contributed by atoms with E-state index in [9.17, 15) is 9.18 Å². The fourth-order valence-electron chi connectivity index (χ4n) is 4.58. The Labute approximate surface area is 246 Å². The molecule has 4 rings (SSSR count). The fraction of sp³-hybridized carbons (Fsp3) is 0.242. The van der Waals surface area contributed by atoms with Crippen molar-refractivity contribution < 1.29 is 18.8 Å². The lowest BCUT2D eigenvalue weighted by Crippen LogP contribution is -2.34. The van der Waals surface area contributed by atoms with Gasteiger partial charge in [0.25, 0.3) is 0 Å². The molecule has 0 saturated heterocycles. The molecule has 7 heteroatoms. The van der Waals surface area contributed by atoms with Crippen molar-refractivity contribution in [1.29, 1.82) is 0 Å². The molecular formula is C33H36Cl2FN2O2+. The van der Waals surface area contributed by atoms with Crippen molar-refractivity contribution in [2.45, 2.75) is 26.7 Å². The second-order valence-corrected chi connectivity index (χ2v) is 11.3. The number of carboxylic acids is 1. The number of carbonyl (C=O) groups is 1. The van der Waals surface area contributed by atoms with E-state index in [4.69, 9.17) is 28.3 Å². The third kappa shape index (κ3) is 8.07. The first kappa shape index (κ1) is 31.2. The number of nitrogens with zero attached hydrogens (tertiary/aromatic N) is 1. The molecule has 3 aromatic carbocycles. The van der Waals surface area contributed by atoms with Gasteiger partial charge in [-0.15, -0.1) is 0 Å². The van der Waals surface area contributed by atoms with Crippen LogP contribution in [0.1, 0.15) is 49.1 Å². The maximum atomic E-state index is 13.8. The third-order valence-corrected chi connectivity index (χ3v) is 7.02. The van der Waals surface area contributed by atoms with Crippen molar-refractivity contribution in [1.82, 2.24) is 4.98 Å². The number of H-pyrrole nitrogens is 1. The molecule has 0 unspecified atom stereocenters. The number of nitrogens with one attached hydrogen (secondary N) is 1. The predicted molar refractivity (Wildman–Crippen MR) is 167 cm³/mol. The van der Waals surface area contributed by atoms with E-state index in [1.807, 2.05) is 55.5 Å². The van der Waals surface area contributed by atoms with Gasteiger partial charge in [0.15, 0.2) is 0 Å². The summed E-state index contributed by atoms with van der Waals surface area (Å²) in [6.45, 7) is 5.50. The number of aromatic amines is 1. The van der Waals surface area contributed by atoms with E-state index in [2.05, 4.69) is 33.1 Å². The summed E-state index contributed by atoms with van der Waals surface area (Å²) in [5.41, 5.74) is 5.73. The molecule has 40 heavy (non-hydrogen) atoms. The van der Waals surface area contributed by atoms with Crippen molar-refractivity contribution in [3.63, 3.8) is 0 Å². The average molecular weight is 583 g/mol. The van der Waals surface area contributed by atoms with Gasteiger partial charge in [0, 0.05) is 22.6 Å². The number of aliphatic carboxylic acids is 1. The van der Waals surface area contributed by atoms with Crippen molar-refractivity contribution in [2.75, 3.05) is 27.7 Å². The molecule has 0 fully saturated rings. The normalized spacial score (nSPS) is 12.3. The van der Waals surface area contributed by atoms with Crippen LogP contribution in [0.4, 0.5) is 4.39 Å². The monoisotopic (exact) mass is 581 g/mol. The van der Waals surface area contributed by atoms with Gasteiger partial charge in [0.05, 0.1) is 43.4 Å². The summed E-state index contributed by atoms with van der Waals surface area (Å²) < 4.78 is 14.9. The summed E-state index contributed by atoms with van der Waals surface area (Å²) in [5, 5.41) is 10.7. The number of para-hydroxylation sites is 1. The summed E-state index contributed by atoms with van der Waals surface area (Å²) in [5.74, 6) is -1.41. The maximum absolute atomic E-state index is 13.8. The number of aromatic nitrogens is 1. The Hall–Kier alpha value is -3.38. The molecule has 0 saturated carbocycles. The van der Waals surface area contributed by atoms with Gasteiger partial charge in [0.2, 0.25) is 0 Å². The van der Waals surface area contributed by atoms with Crippen LogP contribution < -0.4 is 0 Å². The minimum atomic E-state index is -1.01. The number of hydrogen-bond acceptors (Lipinski definition) is 1. The van der Waals surface area contributed by atoms with Crippen LogP contribution in [0.25, 0.3) is 28.1 Å². The van der Waals surface area contributed by atoms with Gasteiger partial charge in [0.1, 0.15) is 5.82 Å². The van der Waals surface area contributed by atoms with Crippen molar-refractivity contribution in [3.05, 3.63) is 111 Å². The Bertz CT molecular complexity index is 1530. The Balaban J connectivity index is 0.000000559. The predicted octanol–water partition coefficient (Wildman–Crippen LogP) is 9.18. The molecule has 0 aliphatic rings. The molecule has 0 spiro atoms. The number of hydrogen-bond donors (Lipinski definition) is 2. The standard InChI is InChI=1S/C27H20Cl2FNO2.C6H16N/c1-2-19(20-13-12-18(30)15-22(20)28)25(17-10-7-16(8-11-17)9-14-24(32)33)27-26(29)21-5-3-4-6-23(21)31-27;1-5-6-7(2,3)4/h3-15,31H,2H2,1H3,(H,32,33);5-6H2,1-4H3/q;+1/b14-9+,25-19+;. The van der Waals surface area contributed by atoms with Crippen LogP contribution in [0.3, 0.4) is 0 Å². The number of fused-ring (bicyclic) bond motifs is 1. The van der Waals surface area contributed by atoms with E-state index >= 15 is 0 Å². The number of carboxylic acid groups (broad SMARTS) is 1. The van der Waals surface area contributed by atoms with Gasteiger partial charge in [-0.05, 0) is 59.4 Å². The highest BCUT2D eigenvalue weighted by Crippen LogP contribution is 2.41. The van der Waals surface area contributed by atoms with Crippen LogP contribution in [-0.4, -0.2) is 48.2 Å². The molecular weight excluding hydrogens is 546 g/mol. The Kier molecular flexibility index (Phi) is 10.7. The summed E-state index contributed by atoms with van der Waals surface area (Å²) in [4.78, 5) is 14.3. The van der Waals surface area contributed by atoms with Crippen molar-refractivity contribution >= 4 is 57.3 Å². The first-order valence-electron chi connectivity index (χ1n) is 13.2. The minimum absolute atomic E-state index is 0.317. The molecule has 4 nitrogen and oxygen atoms in total. The molecule has 1 aromatic heterocycles. The smallest absolute Gasteiger partial charge is 0.328 e. The maximum Gasteiger partial charge on any atom is 0.328 e. The number of allylic oxidation sites excluding steroid dienone is 1. The summed E-state index contributed by atoms with van der Waals surface area (Å²) in [6, 6.07) is 19.6. The lowest BCUT2D eigenvalue weighted by atomic mass is 9.90. The van der Waals surface area contributed by atoms with Crippen LogP contribution in [0.5, 0.6) is 0 Å². The Morgan fingerprint density at radius 3 is 2.20 bits per heavy atom. The lowest BCUT2D eigenvalue weighted by molar-refractivity contribution is -0.870. The minimum Gasteiger partial charge on any atom is -0.478 e. The zero-order chi connectivity index (χ0) is 29.4. The van der Waals surface area contributed by atoms with Gasteiger partial charge >= 0.3 is 5.97 Å². The van der Waals surface area contributed by atoms with Crippen LogP contribution in [0, 0.1) is 5.82 Å². The zero-order valence-corrected chi connectivity index (χ0v) is 25.1. The summed E-state index contributed by atoms with van der Waals surface area (Å²) >= 11 is 13.3. The molecule has 0 amide bonds. The number of benzene rings is 3. The fourth-order valence-corrected chi connectivity index (χ4v) is 5.17. The van der Waals surface area contributed by atoms with E-state index in [0.29, 0.717) is 16.5 Å². The van der Waals surface area contributed by atoms with Gasteiger partial charge in [-0.2, -0.15) is 0 Å². The Morgan fingerprint density at radius 1 is 1.00 bits per heavy atom. The van der Waals surface area contributed by atoms with E-state index < -0.39 is 11.8 Å². The molecule has 4 aromatic rings. The Morgan fingerprint density at radius 2 is 1.68 bits per heavy atom. The molecule has 0 aliphatic heterocycles. The van der Waals surface area contributed by atoms with Crippen molar-refractivity contribution in [3.8, 4) is 0 Å². The van der Waals surface area contributed by atoms with Crippen LogP contribution in [0.2, 0.25) is 10.0 Å². The first-order chi connectivity index (χ1) is 18.9. The molecule has 210 valence electrons. The number of quaternary nitrogens is 1. The highest BCUT2D eigenvalue weighted by atomic mass is 35.5. The quantitative estimate of drug-likeness (QED) is 0.124. The van der Waals surface area contributed by atoms with Gasteiger partial charge in [-0.25, -0.2) is 9.18 Å². The SMILES string of the molecule is CC/C(=C(/c1ccc(/C=C/C(=O)O)cc1)c1[nH]c2ccccc2c1Cl)c1ccc(F)cc1Cl.CCC[N+](C)(C)C. The van der Waals surface area contributed by atoms with Crippen LogP contribution in [-0.2, 0) is 4.79 Å². The van der Waals surface area contributed by atoms with E-state index in [1.165, 1.54) is 31.2 Å². The third-order valence-electron chi connectivity index (χ3n) is 6.32. The molecule has 2 N–H and O–H groups in total. The van der Waals surface area contributed by atoms with Crippen LogP contribution >= 0.6 is 23.2 Å². The van der Waals surface area contributed by atoms with Crippen LogP contribution in [0.15, 0.2) is 72.8 Å². The second kappa shape index (κ2) is 13.8. The molecule has 1 heterocycles. The highest BCUT2D eigenvalue weighted by molar-refractivity contribution is 6.38. The molecule has 0 aliphatic carbocycles. The molecule has 0 radical (unpaired) electrons. The zero-order valence-electron chi connectivity index (χ0n) is 23.6.